The van der Waals surface area contributed by atoms with Crippen molar-refractivity contribution in [3.63, 3.8) is 0 Å². The second kappa shape index (κ2) is 9.27. The molecule has 0 bridgehead atoms. The van der Waals surface area contributed by atoms with E-state index in [2.05, 4.69) is 11.4 Å². The number of nitriles is 1. The molecule has 2 heterocycles. The number of likely N-dealkylation sites (N-methyl/N-ethyl adjacent to an activating group) is 1. The van der Waals surface area contributed by atoms with Gasteiger partial charge in [0.15, 0.2) is 0 Å². The standard InChI is InChI=1S/C22H23ClN4OS/c1-15-16(2)27(12-17-7-5-4-6-8-17)22(19(15)11-24)25-21(28)14-26(3)13-18-9-10-20(23)29-18/h4-10H,12-14H2,1-3H3,(H,25,28). The highest BCUT2D eigenvalue weighted by Crippen LogP contribution is 2.27. The summed E-state index contributed by atoms with van der Waals surface area (Å²) < 4.78 is 2.74. The van der Waals surface area contributed by atoms with Gasteiger partial charge in [0.2, 0.25) is 5.91 Å². The van der Waals surface area contributed by atoms with E-state index in [1.54, 1.807) is 0 Å². The Balaban J connectivity index is 1.77. The zero-order valence-corrected chi connectivity index (χ0v) is 18.3. The number of nitrogens with zero attached hydrogens (tertiary/aromatic N) is 3. The Morgan fingerprint density at radius 2 is 1.97 bits per heavy atom. The van der Waals surface area contributed by atoms with Crippen molar-refractivity contribution >= 4 is 34.7 Å². The Hall–Kier alpha value is -2.59. The van der Waals surface area contributed by atoms with Crippen molar-refractivity contribution < 1.29 is 4.79 Å². The first-order valence-electron chi connectivity index (χ1n) is 9.25. The number of hydrogen-bond donors (Lipinski definition) is 1. The fourth-order valence-electron chi connectivity index (χ4n) is 3.27. The van der Waals surface area contributed by atoms with Gasteiger partial charge in [-0.25, -0.2) is 0 Å². The number of amides is 1. The fourth-order valence-corrected chi connectivity index (χ4v) is 4.44. The van der Waals surface area contributed by atoms with E-state index < -0.39 is 0 Å². The van der Waals surface area contributed by atoms with E-state index in [4.69, 9.17) is 11.6 Å². The number of nitrogens with one attached hydrogen (secondary N) is 1. The third-order valence-corrected chi connectivity index (χ3v) is 6.07. The lowest BCUT2D eigenvalue weighted by molar-refractivity contribution is -0.117. The molecule has 1 amide bonds. The van der Waals surface area contributed by atoms with Gasteiger partial charge in [0, 0.05) is 23.7 Å². The summed E-state index contributed by atoms with van der Waals surface area (Å²) in [7, 11) is 1.89. The number of benzene rings is 1. The van der Waals surface area contributed by atoms with Crippen LogP contribution in [-0.4, -0.2) is 29.0 Å². The van der Waals surface area contributed by atoms with Crippen LogP contribution in [0.15, 0.2) is 42.5 Å². The summed E-state index contributed by atoms with van der Waals surface area (Å²) in [4.78, 5) is 15.7. The summed E-state index contributed by atoms with van der Waals surface area (Å²) in [5.41, 5.74) is 3.49. The van der Waals surface area contributed by atoms with Gasteiger partial charge < -0.3 is 9.88 Å². The second-order valence-corrected chi connectivity index (χ2v) is 8.84. The molecule has 0 fully saturated rings. The Morgan fingerprint density at radius 1 is 1.24 bits per heavy atom. The molecule has 0 aliphatic heterocycles. The lowest BCUT2D eigenvalue weighted by Gasteiger charge is -2.17. The van der Waals surface area contributed by atoms with Crippen molar-refractivity contribution in [2.45, 2.75) is 26.9 Å². The SMILES string of the molecule is Cc1c(C#N)c(NC(=O)CN(C)Cc2ccc(Cl)s2)n(Cc2ccccc2)c1C. The molecule has 0 spiro atoms. The Kier molecular flexibility index (Phi) is 6.75. The molecule has 0 aliphatic rings. The molecule has 3 aromatic rings. The van der Waals surface area contributed by atoms with Gasteiger partial charge in [-0.3, -0.25) is 9.69 Å². The summed E-state index contributed by atoms with van der Waals surface area (Å²) >= 11 is 7.49. The average Bonchev–Trinajstić information content (AvgIpc) is 3.18. The quantitative estimate of drug-likeness (QED) is 0.589. The Bertz CT molecular complexity index is 1050. The van der Waals surface area contributed by atoms with Crippen molar-refractivity contribution in [2.24, 2.45) is 0 Å². The molecule has 1 N–H and O–H groups in total. The molecule has 1 aromatic carbocycles. The average molecular weight is 427 g/mol. The molecule has 2 aromatic heterocycles. The summed E-state index contributed by atoms with van der Waals surface area (Å²) in [5, 5.41) is 12.6. The minimum absolute atomic E-state index is 0.154. The molecule has 0 atom stereocenters. The van der Waals surface area contributed by atoms with Gasteiger partial charge in [-0.05, 0) is 44.2 Å². The molecular weight excluding hydrogens is 404 g/mol. The predicted molar refractivity (Wildman–Crippen MR) is 118 cm³/mol. The van der Waals surface area contributed by atoms with Crippen LogP contribution in [0.1, 0.15) is 27.3 Å². The van der Waals surface area contributed by atoms with Crippen LogP contribution in [0, 0.1) is 25.2 Å². The smallest absolute Gasteiger partial charge is 0.239 e. The number of halogens is 1. The van der Waals surface area contributed by atoms with E-state index in [0.717, 1.165) is 26.0 Å². The molecule has 5 nitrogen and oxygen atoms in total. The number of carbonyl (C=O) groups excluding carboxylic acids is 1. The predicted octanol–water partition coefficient (Wildman–Crippen LogP) is 4.81. The topological polar surface area (TPSA) is 61.1 Å². The van der Waals surface area contributed by atoms with Crippen LogP contribution in [0.5, 0.6) is 0 Å². The number of aromatic nitrogens is 1. The molecule has 0 radical (unpaired) electrons. The monoisotopic (exact) mass is 426 g/mol. The van der Waals surface area contributed by atoms with Crippen LogP contribution in [-0.2, 0) is 17.9 Å². The van der Waals surface area contributed by atoms with Crippen molar-refractivity contribution in [3.05, 3.63) is 74.1 Å². The van der Waals surface area contributed by atoms with Crippen molar-refractivity contribution in [3.8, 4) is 6.07 Å². The Morgan fingerprint density at radius 3 is 2.59 bits per heavy atom. The number of thiophene rings is 1. The second-order valence-electron chi connectivity index (χ2n) is 7.04. The Labute approximate surface area is 180 Å². The summed E-state index contributed by atoms with van der Waals surface area (Å²) in [6.07, 6.45) is 0. The third-order valence-electron chi connectivity index (χ3n) is 4.85. The van der Waals surface area contributed by atoms with Crippen LogP contribution < -0.4 is 5.32 Å². The molecule has 150 valence electrons. The van der Waals surface area contributed by atoms with Gasteiger partial charge in [0.05, 0.1) is 16.4 Å². The van der Waals surface area contributed by atoms with E-state index in [9.17, 15) is 10.1 Å². The van der Waals surface area contributed by atoms with Crippen molar-refractivity contribution in [2.75, 3.05) is 18.9 Å². The van der Waals surface area contributed by atoms with E-state index in [1.807, 2.05) is 72.8 Å². The van der Waals surface area contributed by atoms with E-state index in [1.165, 1.54) is 11.3 Å². The molecule has 0 saturated heterocycles. The van der Waals surface area contributed by atoms with Crippen LogP contribution >= 0.6 is 22.9 Å². The van der Waals surface area contributed by atoms with Crippen LogP contribution in [0.2, 0.25) is 4.34 Å². The first kappa shape index (κ1) is 21.1. The maximum absolute atomic E-state index is 12.7. The third kappa shape index (κ3) is 5.07. The largest absolute Gasteiger partial charge is 0.326 e. The highest BCUT2D eigenvalue weighted by Gasteiger charge is 2.20. The van der Waals surface area contributed by atoms with Gasteiger partial charge in [-0.2, -0.15) is 5.26 Å². The minimum atomic E-state index is -0.154. The summed E-state index contributed by atoms with van der Waals surface area (Å²) in [6.45, 7) is 5.33. The minimum Gasteiger partial charge on any atom is -0.326 e. The van der Waals surface area contributed by atoms with Gasteiger partial charge in [-0.15, -0.1) is 11.3 Å². The fraction of sp³-hybridized carbons (Fsp3) is 0.273. The lowest BCUT2D eigenvalue weighted by atomic mass is 10.2. The maximum Gasteiger partial charge on any atom is 0.239 e. The molecule has 0 saturated carbocycles. The van der Waals surface area contributed by atoms with E-state index >= 15 is 0 Å². The van der Waals surface area contributed by atoms with Crippen molar-refractivity contribution in [1.82, 2.24) is 9.47 Å². The van der Waals surface area contributed by atoms with Gasteiger partial charge in [0.25, 0.3) is 0 Å². The number of rotatable bonds is 7. The maximum atomic E-state index is 12.7. The van der Waals surface area contributed by atoms with E-state index in [0.29, 0.717) is 24.5 Å². The number of hydrogen-bond acceptors (Lipinski definition) is 4. The summed E-state index contributed by atoms with van der Waals surface area (Å²) in [6, 6.07) is 16.1. The number of carbonyl (C=O) groups is 1. The normalized spacial score (nSPS) is 10.9. The molecule has 7 heteroatoms. The zero-order valence-electron chi connectivity index (χ0n) is 16.7. The molecule has 0 aliphatic carbocycles. The lowest BCUT2D eigenvalue weighted by Crippen LogP contribution is -2.30. The first-order chi connectivity index (χ1) is 13.9. The van der Waals surface area contributed by atoms with Crippen LogP contribution in [0.4, 0.5) is 5.82 Å². The van der Waals surface area contributed by atoms with E-state index in [-0.39, 0.29) is 12.5 Å². The van der Waals surface area contributed by atoms with Crippen molar-refractivity contribution in [1.29, 1.82) is 5.26 Å². The molecule has 3 rings (SSSR count). The first-order valence-corrected chi connectivity index (χ1v) is 10.4. The van der Waals surface area contributed by atoms with Crippen LogP contribution in [0.25, 0.3) is 0 Å². The van der Waals surface area contributed by atoms with Crippen LogP contribution in [0.3, 0.4) is 0 Å². The summed E-state index contributed by atoms with van der Waals surface area (Å²) in [5.74, 6) is 0.405. The molecule has 29 heavy (non-hydrogen) atoms. The highest BCUT2D eigenvalue weighted by atomic mass is 35.5. The zero-order chi connectivity index (χ0) is 21.0. The highest BCUT2D eigenvalue weighted by molar-refractivity contribution is 7.16. The molecular formula is C22H23ClN4OS. The van der Waals surface area contributed by atoms with Gasteiger partial charge in [-0.1, -0.05) is 41.9 Å². The van der Waals surface area contributed by atoms with Gasteiger partial charge in [0.1, 0.15) is 11.9 Å². The number of anilines is 1. The molecule has 0 unspecified atom stereocenters. The van der Waals surface area contributed by atoms with Gasteiger partial charge >= 0.3 is 0 Å².